The lowest BCUT2D eigenvalue weighted by molar-refractivity contribution is 0.246. The van der Waals surface area contributed by atoms with Gasteiger partial charge in [0, 0.05) is 32.7 Å². The smallest absolute Gasteiger partial charge is 0.279 e. The molecule has 2 N–H and O–H groups in total. The summed E-state index contributed by atoms with van der Waals surface area (Å²) in [5, 5.41) is 3.11. The molecule has 1 saturated heterocycles. The van der Waals surface area contributed by atoms with Crippen LogP contribution in [0.25, 0.3) is 0 Å². The molecule has 94 valence electrons. The van der Waals surface area contributed by atoms with E-state index < -0.39 is 10.2 Å². The van der Waals surface area contributed by atoms with Gasteiger partial charge in [0.1, 0.15) is 0 Å². The fraction of sp³-hybridized carbons (Fsp3) is 0.778. The second kappa shape index (κ2) is 6.85. The molecule has 6 nitrogen and oxygen atoms in total. The monoisotopic (exact) mass is 249 g/mol. The highest BCUT2D eigenvalue weighted by Gasteiger charge is 2.22. The van der Waals surface area contributed by atoms with Crippen LogP contribution in [0.1, 0.15) is 6.42 Å². The molecule has 0 amide bonds. The first-order valence-corrected chi connectivity index (χ1v) is 6.79. The first-order valence-electron chi connectivity index (χ1n) is 5.35. The molecule has 0 atom stereocenters. The Morgan fingerprint density at radius 2 is 2.12 bits per heavy atom. The van der Waals surface area contributed by atoms with E-state index in [1.165, 1.54) is 10.6 Å². The SMILES string of the molecule is C=COCCCNS(=O)(=O)N1CCNCC1. The molecule has 0 aromatic carbocycles. The quantitative estimate of drug-likeness (QED) is 0.461. The van der Waals surface area contributed by atoms with Crippen molar-refractivity contribution in [3.63, 3.8) is 0 Å². The summed E-state index contributed by atoms with van der Waals surface area (Å²) in [6.07, 6.45) is 1.99. The minimum absolute atomic E-state index is 0.389. The highest BCUT2D eigenvalue weighted by Crippen LogP contribution is 1.99. The number of ether oxygens (including phenoxy) is 1. The Kier molecular flexibility index (Phi) is 5.75. The average molecular weight is 249 g/mol. The van der Waals surface area contributed by atoms with Crippen LogP contribution in [0, 0.1) is 0 Å². The molecule has 0 aromatic rings. The molecule has 0 unspecified atom stereocenters. The zero-order valence-corrected chi connectivity index (χ0v) is 10.1. The number of hydrogen-bond donors (Lipinski definition) is 2. The van der Waals surface area contributed by atoms with E-state index >= 15 is 0 Å². The molecule has 0 aliphatic carbocycles. The first-order chi connectivity index (χ1) is 7.67. The summed E-state index contributed by atoms with van der Waals surface area (Å²) in [4.78, 5) is 0. The molecule has 1 aliphatic heterocycles. The molecule has 1 rings (SSSR count). The van der Waals surface area contributed by atoms with E-state index in [-0.39, 0.29) is 0 Å². The molecule has 0 bridgehead atoms. The molecule has 1 heterocycles. The van der Waals surface area contributed by atoms with E-state index in [1.807, 2.05) is 0 Å². The van der Waals surface area contributed by atoms with Crippen molar-refractivity contribution in [2.24, 2.45) is 0 Å². The predicted octanol–water partition coefficient (Wildman–Crippen LogP) is -0.724. The Bertz CT molecular complexity index is 299. The Hall–Kier alpha value is -0.630. The molecule has 0 aromatic heterocycles. The van der Waals surface area contributed by atoms with Gasteiger partial charge >= 0.3 is 0 Å². The third kappa shape index (κ3) is 4.48. The average Bonchev–Trinajstić information content (AvgIpc) is 2.30. The Balaban J connectivity index is 2.25. The van der Waals surface area contributed by atoms with Gasteiger partial charge in [-0.15, -0.1) is 0 Å². The van der Waals surface area contributed by atoms with Crippen molar-refractivity contribution in [2.75, 3.05) is 39.3 Å². The van der Waals surface area contributed by atoms with Crippen LogP contribution in [0.3, 0.4) is 0 Å². The highest BCUT2D eigenvalue weighted by molar-refractivity contribution is 7.87. The largest absolute Gasteiger partial charge is 0.502 e. The van der Waals surface area contributed by atoms with Crippen molar-refractivity contribution >= 4 is 10.2 Å². The van der Waals surface area contributed by atoms with Gasteiger partial charge in [0.25, 0.3) is 10.2 Å². The van der Waals surface area contributed by atoms with Crippen molar-refractivity contribution in [3.05, 3.63) is 12.8 Å². The third-order valence-electron chi connectivity index (χ3n) is 2.26. The van der Waals surface area contributed by atoms with Gasteiger partial charge in [-0.3, -0.25) is 0 Å². The maximum absolute atomic E-state index is 11.7. The number of nitrogens with one attached hydrogen (secondary N) is 2. The van der Waals surface area contributed by atoms with Crippen LogP contribution in [-0.4, -0.2) is 52.1 Å². The van der Waals surface area contributed by atoms with Crippen LogP contribution < -0.4 is 10.0 Å². The van der Waals surface area contributed by atoms with Gasteiger partial charge in [0.15, 0.2) is 0 Å². The maximum atomic E-state index is 11.7. The fourth-order valence-electron chi connectivity index (χ4n) is 1.42. The van der Waals surface area contributed by atoms with E-state index in [9.17, 15) is 8.42 Å². The van der Waals surface area contributed by atoms with Crippen molar-refractivity contribution in [1.82, 2.24) is 14.3 Å². The van der Waals surface area contributed by atoms with Gasteiger partial charge in [-0.25, -0.2) is 4.72 Å². The van der Waals surface area contributed by atoms with Crippen molar-refractivity contribution < 1.29 is 13.2 Å². The van der Waals surface area contributed by atoms with Gasteiger partial charge in [-0.1, -0.05) is 6.58 Å². The number of nitrogens with zero attached hydrogens (tertiary/aromatic N) is 1. The highest BCUT2D eigenvalue weighted by atomic mass is 32.2. The summed E-state index contributed by atoms with van der Waals surface area (Å²) >= 11 is 0. The normalized spacial score (nSPS) is 18.2. The summed E-state index contributed by atoms with van der Waals surface area (Å²) in [6.45, 7) is 6.74. The van der Waals surface area contributed by atoms with E-state index in [0.717, 1.165) is 0 Å². The molecule has 0 saturated carbocycles. The summed E-state index contributed by atoms with van der Waals surface area (Å²) in [7, 11) is -3.31. The molecule has 0 spiro atoms. The molecule has 1 aliphatic rings. The zero-order valence-electron chi connectivity index (χ0n) is 9.31. The Labute approximate surface area is 96.8 Å². The third-order valence-corrected chi connectivity index (χ3v) is 3.87. The van der Waals surface area contributed by atoms with Gasteiger partial charge < -0.3 is 10.1 Å². The van der Waals surface area contributed by atoms with E-state index in [1.54, 1.807) is 0 Å². The first kappa shape index (κ1) is 13.4. The van der Waals surface area contributed by atoms with Crippen molar-refractivity contribution in [3.8, 4) is 0 Å². The summed E-state index contributed by atoms with van der Waals surface area (Å²) in [5.74, 6) is 0. The lowest BCUT2D eigenvalue weighted by Crippen LogP contribution is -2.50. The van der Waals surface area contributed by atoms with Gasteiger partial charge in [-0.05, 0) is 6.42 Å². The lowest BCUT2D eigenvalue weighted by Gasteiger charge is -2.26. The fourth-order valence-corrected chi connectivity index (χ4v) is 2.66. The maximum Gasteiger partial charge on any atom is 0.279 e. The Morgan fingerprint density at radius 1 is 1.44 bits per heavy atom. The van der Waals surface area contributed by atoms with Gasteiger partial charge in [0.2, 0.25) is 0 Å². The summed E-state index contributed by atoms with van der Waals surface area (Å²) in [6, 6.07) is 0. The molecule has 1 fully saturated rings. The number of hydrogen-bond acceptors (Lipinski definition) is 4. The van der Waals surface area contributed by atoms with Crippen LogP contribution >= 0.6 is 0 Å². The number of rotatable bonds is 7. The predicted molar refractivity (Wildman–Crippen MR) is 62.1 cm³/mol. The molecule has 0 radical (unpaired) electrons. The molecule has 16 heavy (non-hydrogen) atoms. The topological polar surface area (TPSA) is 70.7 Å². The minimum atomic E-state index is -3.31. The number of piperazine rings is 1. The van der Waals surface area contributed by atoms with Gasteiger partial charge in [0.05, 0.1) is 12.9 Å². The van der Waals surface area contributed by atoms with Gasteiger partial charge in [-0.2, -0.15) is 12.7 Å². The standard InChI is InChI=1S/C9H19N3O3S/c1-2-15-9-3-4-11-16(13,14)12-7-5-10-6-8-12/h2,10-11H,1,3-9H2. The van der Waals surface area contributed by atoms with Crippen LogP contribution in [-0.2, 0) is 14.9 Å². The molecule has 7 heteroatoms. The second-order valence-electron chi connectivity index (χ2n) is 3.44. The van der Waals surface area contributed by atoms with E-state index in [2.05, 4.69) is 16.6 Å². The van der Waals surface area contributed by atoms with Crippen LogP contribution in [0.2, 0.25) is 0 Å². The van der Waals surface area contributed by atoms with Crippen LogP contribution in [0.5, 0.6) is 0 Å². The van der Waals surface area contributed by atoms with Crippen molar-refractivity contribution in [2.45, 2.75) is 6.42 Å². The van der Waals surface area contributed by atoms with Crippen molar-refractivity contribution in [1.29, 1.82) is 0 Å². The van der Waals surface area contributed by atoms with E-state index in [4.69, 9.17) is 4.74 Å². The lowest BCUT2D eigenvalue weighted by atomic mass is 10.4. The van der Waals surface area contributed by atoms with Crippen LogP contribution in [0.4, 0.5) is 0 Å². The summed E-state index contributed by atoms with van der Waals surface area (Å²) < 4.78 is 32.4. The minimum Gasteiger partial charge on any atom is -0.502 e. The van der Waals surface area contributed by atoms with E-state index in [0.29, 0.717) is 45.8 Å². The second-order valence-corrected chi connectivity index (χ2v) is 5.19. The summed E-state index contributed by atoms with van der Waals surface area (Å²) in [5.41, 5.74) is 0. The molecular weight excluding hydrogens is 230 g/mol. The Morgan fingerprint density at radius 3 is 2.75 bits per heavy atom. The zero-order chi connectivity index (χ0) is 11.9. The van der Waals surface area contributed by atoms with Crippen LogP contribution in [0.15, 0.2) is 12.8 Å². The molecular formula is C9H19N3O3S.